The van der Waals surface area contributed by atoms with Crippen molar-refractivity contribution in [1.82, 2.24) is 14.9 Å². The van der Waals surface area contributed by atoms with Crippen molar-refractivity contribution in [3.8, 4) is 6.07 Å². The molecule has 0 bridgehead atoms. The summed E-state index contributed by atoms with van der Waals surface area (Å²) in [5.41, 5.74) is 0.837. The van der Waals surface area contributed by atoms with E-state index < -0.39 is 0 Å². The molecule has 2 aromatic rings. The number of rotatable bonds is 6. The van der Waals surface area contributed by atoms with Crippen LogP contribution < -0.4 is 9.80 Å². The molecular formula is C19H22N6O. The Labute approximate surface area is 153 Å². The normalized spacial score (nSPS) is 14.7. The van der Waals surface area contributed by atoms with Gasteiger partial charge in [-0.3, -0.25) is 9.69 Å². The number of piperazine rings is 1. The van der Waals surface area contributed by atoms with Crippen molar-refractivity contribution in [2.75, 3.05) is 49.1 Å². The van der Waals surface area contributed by atoms with Gasteiger partial charge in [-0.05, 0) is 18.2 Å². The van der Waals surface area contributed by atoms with Crippen LogP contribution in [-0.4, -0.2) is 60.0 Å². The predicted molar refractivity (Wildman–Crippen MR) is 99.7 cm³/mol. The minimum Gasteiger partial charge on any atom is -0.338 e. The third kappa shape index (κ3) is 4.55. The van der Waals surface area contributed by atoms with Gasteiger partial charge in [0.1, 0.15) is 0 Å². The zero-order chi connectivity index (χ0) is 18.2. The quantitative estimate of drug-likeness (QED) is 0.787. The molecule has 26 heavy (non-hydrogen) atoms. The van der Waals surface area contributed by atoms with E-state index in [2.05, 4.69) is 25.8 Å². The second kappa shape index (κ2) is 8.92. The van der Waals surface area contributed by atoms with Gasteiger partial charge in [0.05, 0.1) is 19.0 Å². The van der Waals surface area contributed by atoms with Crippen molar-refractivity contribution in [3.05, 3.63) is 48.8 Å². The highest BCUT2D eigenvalue weighted by Crippen LogP contribution is 2.15. The molecule has 0 saturated carbocycles. The summed E-state index contributed by atoms with van der Waals surface area (Å²) in [7, 11) is 0. The van der Waals surface area contributed by atoms with E-state index in [9.17, 15) is 4.79 Å². The van der Waals surface area contributed by atoms with Crippen molar-refractivity contribution >= 4 is 17.5 Å². The summed E-state index contributed by atoms with van der Waals surface area (Å²) in [6, 6.07) is 13.5. The van der Waals surface area contributed by atoms with Crippen molar-refractivity contribution in [3.63, 3.8) is 0 Å². The van der Waals surface area contributed by atoms with Crippen LogP contribution in [0.15, 0.2) is 48.8 Å². The number of hydrogen-bond donors (Lipinski definition) is 0. The maximum atomic E-state index is 12.8. The lowest BCUT2D eigenvalue weighted by Gasteiger charge is -2.35. The molecule has 1 fully saturated rings. The molecule has 0 unspecified atom stereocenters. The summed E-state index contributed by atoms with van der Waals surface area (Å²) in [6.07, 6.45) is 3.80. The Kier molecular flexibility index (Phi) is 6.12. The van der Waals surface area contributed by atoms with Crippen LogP contribution in [-0.2, 0) is 4.79 Å². The fourth-order valence-electron chi connectivity index (χ4n) is 3.00. The Balaban J connectivity index is 1.57. The van der Waals surface area contributed by atoms with Crippen LogP contribution in [0.1, 0.15) is 6.42 Å². The summed E-state index contributed by atoms with van der Waals surface area (Å²) >= 11 is 0. The van der Waals surface area contributed by atoms with E-state index in [0.29, 0.717) is 19.5 Å². The zero-order valence-corrected chi connectivity index (χ0v) is 14.7. The molecule has 1 aliphatic heterocycles. The molecule has 7 heteroatoms. The fraction of sp³-hybridized carbons (Fsp3) is 0.368. The monoisotopic (exact) mass is 350 g/mol. The highest BCUT2D eigenvalue weighted by Gasteiger charge is 2.23. The number of anilines is 2. The van der Waals surface area contributed by atoms with Crippen molar-refractivity contribution in [1.29, 1.82) is 5.26 Å². The third-order valence-corrected chi connectivity index (χ3v) is 4.38. The van der Waals surface area contributed by atoms with Gasteiger partial charge in [0.15, 0.2) is 0 Å². The highest BCUT2D eigenvalue weighted by molar-refractivity contribution is 5.94. The van der Waals surface area contributed by atoms with Crippen LogP contribution in [0, 0.1) is 11.3 Å². The average molecular weight is 350 g/mol. The van der Waals surface area contributed by atoms with Crippen molar-refractivity contribution < 1.29 is 4.79 Å². The standard InChI is InChI=1S/C19H22N6O/c20-8-4-11-25(17-6-2-1-3-7-17)18(26)16-23-12-14-24(15-13-23)19-21-9-5-10-22-19/h1-3,5-7,9-10H,4,11-16H2. The van der Waals surface area contributed by atoms with E-state index in [0.717, 1.165) is 37.8 Å². The molecule has 0 atom stereocenters. The van der Waals surface area contributed by atoms with Gasteiger partial charge in [-0.2, -0.15) is 5.26 Å². The summed E-state index contributed by atoms with van der Waals surface area (Å²) in [4.78, 5) is 27.3. The van der Waals surface area contributed by atoms with E-state index in [-0.39, 0.29) is 5.91 Å². The Morgan fingerprint density at radius 2 is 1.77 bits per heavy atom. The summed E-state index contributed by atoms with van der Waals surface area (Å²) in [6.45, 7) is 3.92. The van der Waals surface area contributed by atoms with Gasteiger partial charge in [-0.25, -0.2) is 9.97 Å². The van der Waals surface area contributed by atoms with Crippen LogP contribution in [0.4, 0.5) is 11.6 Å². The average Bonchev–Trinajstić information content (AvgIpc) is 2.70. The molecule has 1 aliphatic rings. The van der Waals surface area contributed by atoms with E-state index in [1.807, 2.05) is 30.3 Å². The first kappa shape index (κ1) is 17.8. The Hall–Kier alpha value is -2.98. The molecule has 3 rings (SSSR count). The Morgan fingerprint density at radius 1 is 1.08 bits per heavy atom. The van der Waals surface area contributed by atoms with Crippen molar-refractivity contribution in [2.45, 2.75) is 6.42 Å². The Bertz CT molecular complexity index is 738. The van der Waals surface area contributed by atoms with Gasteiger partial charge >= 0.3 is 0 Å². The molecule has 0 spiro atoms. The number of carbonyl (C=O) groups is 1. The number of nitriles is 1. The highest BCUT2D eigenvalue weighted by atomic mass is 16.2. The van der Waals surface area contributed by atoms with E-state index in [4.69, 9.17) is 5.26 Å². The van der Waals surface area contributed by atoms with Gasteiger partial charge in [0.2, 0.25) is 11.9 Å². The lowest BCUT2D eigenvalue weighted by atomic mass is 10.2. The number of para-hydroxylation sites is 1. The van der Waals surface area contributed by atoms with Crippen LogP contribution in [0.5, 0.6) is 0 Å². The zero-order valence-electron chi connectivity index (χ0n) is 14.7. The topological polar surface area (TPSA) is 76.4 Å². The predicted octanol–water partition coefficient (Wildman–Crippen LogP) is 1.55. The molecule has 1 amide bonds. The van der Waals surface area contributed by atoms with Crippen LogP contribution >= 0.6 is 0 Å². The first-order valence-electron chi connectivity index (χ1n) is 8.74. The second-order valence-corrected chi connectivity index (χ2v) is 6.10. The molecule has 7 nitrogen and oxygen atoms in total. The number of nitrogens with zero attached hydrogens (tertiary/aromatic N) is 6. The SMILES string of the molecule is N#CCCN(C(=O)CN1CCN(c2ncccn2)CC1)c1ccccc1. The minimum absolute atomic E-state index is 0.0239. The number of carbonyl (C=O) groups excluding carboxylic acids is 1. The van der Waals surface area contributed by atoms with Gasteiger partial charge in [-0.15, -0.1) is 0 Å². The number of aromatic nitrogens is 2. The molecular weight excluding hydrogens is 328 g/mol. The molecule has 1 aromatic heterocycles. The smallest absolute Gasteiger partial charge is 0.241 e. The van der Waals surface area contributed by atoms with Gasteiger partial charge in [-0.1, -0.05) is 18.2 Å². The van der Waals surface area contributed by atoms with Crippen LogP contribution in [0.3, 0.4) is 0 Å². The van der Waals surface area contributed by atoms with E-state index in [1.54, 1.807) is 23.4 Å². The minimum atomic E-state index is 0.0239. The maximum absolute atomic E-state index is 12.8. The molecule has 2 heterocycles. The lowest BCUT2D eigenvalue weighted by molar-refractivity contribution is -0.119. The van der Waals surface area contributed by atoms with Gasteiger partial charge < -0.3 is 9.80 Å². The molecule has 134 valence electrons. The first-order chi connectivity index (χ1) is 12.8. The number of benzene rings is 1. The molecule has 1 saturated heterocycles. The summed E-state index contributed by atoms with van der Waals surface area (Å²) in [5, 5.41) is 8.89. The summed E-state index contributed by atoms with van der Waals surface area (Å²) in [5.74, 6) is 0.759. The molecule has 0 aliphatic carbocycles. The van der Waals surface area contributed by atoms with Crippen LogP contribution in [0.25, 0.3) is 0 Å². The molecule has 0 radical (unpaired) electrons. The van der Waals surface area contributed by atoms with Gasteiger partial charge in [0.25, 0.3) is 0 Å². The Morgan fingerprint density at radius 3 is 2.42 bits per heavy atom. The van der Waals surface area contributed by atoms with E-state index >= 15 is 0 Å². The number of amides is 1. The maximum Gasteiger partial charge on any atom is 0.241 e. The van der Waals surface area contributed by atoms with Crippen LogP contribution in [0.2, 0.25) is 0 Å². The fourth-order valence-corrected chi connectivity index (χ4v) is 3.00. The third-order valence-electron chi connectivity index (χ3n) is 4.38. The van der Waals surface area contributed by atoms with Gasteiger partial charge in [0, 0.05) is 50.8 Å². The largest absolute Gasteiger partial charge is 0.338 e. The first-order valence-corrected chi connectivity index (χ1v) is 8.74. The summed E-state index contributed by atoms with van der Waals surface area (Å²) < 4.78 is 0. The second-order valence-electron chi connectivity index (χ2n) is 6.10. The molecule has 0 N–H and O–H groups in total. The van der Waals surface area contributed by atoms with Crippen molar-refractivity contribution in [2.24, 2.45) is 0 Å². The van der Waals surface area contributed by atoms with E-state index in [1.165, 1.54) is 0 Å². The lowest BCUT2D eigenvalue weighted by Crippen LogP contribution is -2.50. The molecule has 1 aromatic carbocycles. The number of hydrogen-bond acceptors (Lipinski definition) is 6.